The second kappa shape index (κ2) is 13.5. The summed E-state index contributed by atoms with van der Waals surface area (Å²) in [5.41, 5.74) is 7.44. The normalized spacial score (nSPS) is 16.8. The number of rotatable bonds is 9. The van der Waals surface area contributed by atoms with Crippen molar-refractivity contribution in [3.8, 4) is 22.8 Å². The van der Waals surface area contributed by atoms with Crippen LogP contribution in [0.3, 0.4) is 0 Å². The number of anilines is 1. The second-order valence-corrected chi connectivity index (χ2v) is 9.93. The van der Waals surface area contributed by atoms with Gasteiger partial charge in [-0.15, -0.1) is 12.4 Å². The number of nitrogens with two attached hydrogens (primary N) is 1. The number of carboxylic acids is 1. The van der Waals surface area contributed by atoms with Gasteiger partial charge < -0.3 is 20.3 Å². The van der Waals surface area contributed by atoms with Gasteiger partial charge in [0.2, 0.25) is 17.9 Å². The monoisotopic (exact) mass is 631 g/mol. The van der Waals surface area contributed by atoms with Crippen molar-refractivity contribution < 1.29 is 45.7 Å². The maximum Gasteiger partial charge on any atom is 0.429 e. The number of aliphatic carboxylic acids is 1. The predicted molar refractivity (Wildman–Crippen MR) is 149 cm³/mol. The molecule has 0 saturated heterocycles. The fourth-order valence-electron chi connectivity index (χ4n) is 4.64. The number of hydrogen-bond acceptors (Lipinski definition) is 6. The fraction of sp³-hybridized carbons (Fsp3) is 0.345. The summed E-state index contributed by atoms with van der Waals surface area (Å²) >= 11 is 0. The molecule has 43 heavy (non-hydrogen) atoms. The topological polar surface area (TPSA) is 108 Å². The molecule has 0 spiro atoms. The fourth-order valence-corrected chi connectivity index (χ4v) is 4.64. The average molecular weight is 632 g/mol. The molecule has 14 heteroatoms. The van der Waals surface area contributed by atoms with Crippen LogP contribution in [0.5, 0.6) is 11.6 Å². The van der Waals surface area contributed by atoms with Crippen molar-refractivity contribution in [1.82, 2.24) is 9.97 Å². The molecule has 0 bridgehead atoms. The Hall–Kier alpha value is -4.00. The van der Waals surface area contributed by atoms with Gasteiger partial charge in [0.05, 0.1) is 11.6 Å². The van der Waals surface area contributed by atoms with E-state index in [1.807, 2.05) is 6.08 Å². The third-order valence-electron chi connectivity index (χ3n) is 6.92. The van der Waals surface area contributed by atoms with Crippen LogP contribution in [0.25, 0.3) is 16.7 Å². The average Bonchev–Trinajstić information content (AvgIpc) is 2.93. The van der Waals surface area contributed by atoms with Crippen LogP contribution >= 0.6 is 12.4 Å². The lowest BCUT2D eigenvalue weighted by molar-refractivity contribution is -0.198. The highest BCUT2D eigenvalue weighted by atomic mass is 35.5. The first-order valence-corrected chi connectivity index (χ1v) is 12.9. The summed E-state index contributed by atoms with van der Waals surface area (Å²) in [6, 6.07) is 12.2. The van der Waals surface area contributed by atoms with Crippen molar-refractivity contribution in [2.75, 3.05) is 12.3 Å². The third-order valence-corrected chi connectivity index (χ3v) is 6.92. The molecule has 7 nitrogen and oxygen atoms in total. The molecule has 0 saturated carbocycles. The number of alkyl halides is 6. The van der Waals surface area contributed by atoms with Crippen LogP contribution in [0.1, 0.15) is 43.5 Å². The molecule has 1 aliphatic carbocycles. The number of carbonyl (C=O) groups is 1. The molecule has 0 fully saturated rings. The van der Waals surface area contributed by atoms with Gasteiger partial charge in [0.25, 0.3) is 0 Å². The summed E-state index contributed by atoms with van der Waals surface area (Å²) in [7, 11) is 0. The molecule has 0 aliphatic heterocycles. The number of halogens is 7. The Kier molecular flexibility index (Phi) is 10.5. The lowest BCUT2D eigenvalue weighted by atomic mass is 9.81. The van der Waals surface area contributed by atoms with Crippen molar-refractivity contribution in [3.63, 3.8) is 0 Å². The Labute approximate surface area is 249 Å². The van der Waals surface area contributed by atoms with E-state index in [1.165, 1.54) is 48.5 Å². The molecule has 1 aromatic heterocycles. The molecule has 1 aliphatic rings. The molecule has 0 amide bonds. The Morgan fingerprint density at radius 2 is 1.74 bits per heavy atom. The van der Waals surface area contributed by atoms with Crippen LogP contribution in [-0.2, 0) is 4.79 Å². The maximum atomic E-state index is 14.1. The molecule has 2 unspecified atom stereocenters. The first-order chi connectivity index (χ1) is 19.7. The first kappa shape index (κ1) is 33.5. The Morgan fingerprint density at radius 1 is 1.05 bits per heavy atom. The van der Waals surface area contributed by atoms with Crippen LogP contribution in [0.15, 0.2) is 60.7 Å². The number of allylic oxidation sites excluding steroid dienone is 2. The van der Waals surface area contributed by atoms with Gasteiger partial charge in [-0.05, 0) is 54.0 Å². The molecule has 3 atom stereocenters. The van der Waals surface area contributed by atoms with E-state index in [4.69, 9.17) is 15.2 Å². The number of ether oxygens (including phenoxy) is 2. The summed E-state index contributed by atoms with van der Waals surface area (Å²) in [5.74, 6) is -2.22. The van der Waals surface area contributed by atoms with Crippen LogP contribution in [0.2, 0.25) is 0 Å². The van der Waals surface area contributed by atoms with Crippen molar-refractivity contribution in [2.45, 2.75) is 44.6 Å². The summed E-state index contributed by atoms with van der Waals surface area (Å²) in [6.45, 7) is 0.158. The number of nitrogens with zero attached hydrogens (tertiary/aromatic N) is 2. The quantitative estimate of drug-likeness (QED) is 0.233. The molecule has 3 aromatic rings. The summed E-state index contributed by atoms with van der Waals surface area (Å²) in [5, 5.41) is 9.26. The second-order valence-electron chi connectivity index (χ2n) is 9.93. The van der Waals surface area contributed by atoms with Crippen LogP contribution in [0.4, 0.5) is 32.3 Å². The predicted octanol–water partition coefficient (Wildman–Crippen LogP) is 7.68. The highest BCUT2D eigenvalue weighted by Gasteiger charge is 2.43. The zero-order valence-corrected chi connectivity index (χ0v) is 23.5. The number of carboxylic acid groups (broad SMARTS) is 1. The molecule has 3 N–H and O–H groups in total. The molecule has 2 aromatic carbocycles. The van der Waals surface area contributed by atoms with Gasteiger partial charge in [-0.3, -0.25) is 4.79 Å². The van der Waals surface area contributed by atoms with Gasteiger partial charge >= 0.3 is 18.3 Å². The third kappa shape index (κ3) is 8.99. The first-order valence-electron chi connectivity index (χ1n) is 12.9. The van der Waals surface area contributed by atoms with Gasteiger partial charge in [0, 0.05) is 11.6 Å². The summed E-state index contributed by atoms with van der Waals surface area (Å²) in [6.07, 6.45) is -8.46. The molecule has 4 rings (SSSR count). The van der Waals surface area contributed by atoms with E-state index in [9.17, 15) is 36.2 Å². The van der Waals surface area contributed by atoms with Gasteiger partial charge in [-0.1, -0.05) is 49.4 Å². The molecule has 0 radical (unpaired) electrons. The van der Waals surface area contributed by atoms with Gasteiger partial charge in [0.15, 0.2) is 6.61 Å². The van der Waals surface area contributed by atoms with Gasteiger partial charge in [0.1, 0.15) is 5.75 Å². The van der Waals surface area contributed by atoms with Crippen molar-refractivity contribution >= 4 is 29.9 Å². The van der Waals surface area contributed by atoms with Crippen LogP contribution in [-0.4, -0.2) is 40.0 Å². The van der Waals surface area contributed by atoms with Crippen molar-refractivity contribution in [2.24, 2.45) is 11.8 Å². The number of aromatic nitrogens is 2. The van der Waals surface area contributed by atoms with E-state index < -0.39 is 37.0 Å². The molecular formula is C29H28ClF6N3O4. The smallest absolute Gasteiger partial charge is 0.429 e. The largest absolute Gasteiger partial charge is 0.484 e. The Balaban J connectivity index is 0.00000506. The van der Waals surface area contributed by atoms with E-state index in [0.29, 0.717) is 41.7 Å². The molecule has 1 heterocycles. The van der Waals surface area contributed by atoms with E-state index >= 15 is 0 Å². The zero-order chi connectivity index (χ0) is 30.7. The van der Waals surface area contributed by atoms with Crippen molar-refractivity contribution in [3.05, 3.63) is 71.9 Å². The van der Waals surface area contributed by atoms with E-state index in [1.54, 1.807) is 13.0 Å². The van der Waals surface area contributed by atoms with Crippen LogP contribution < -0.4 is 15.2 Å². The Morgan fingerprint density at radius 3 is 2.33 bits per heavy atom. The molecule has 232 valence electrons. The highest BCUT2D eigenvalue weighted by molar-refractivity contribution is 5.85. The Bertz CT molecular complexity index is 1450. The van der Waals surface area contributed by atoms with Gasteiger partial charge in [-0.25, -0.2) is 4.98 Å². The summed E-state index contributed by atoms with van der Waals surface area (Å²) < 4.78 is 89.9. The summed E-state index contributed by atoms with van der Waals surface area (Å²) in [4.78, 5) is 19.3. The number of hydrogen-bond donors (Lipinski definition) is 2. The lowest BCUT2D eigenvalue weighted by Gasteiger charge is -2.25. The van der Waals surface area contributed by atoms with Crippen LogP contribution in [0, 0.1) is 11.8 Å². The van der Waals surface area contributed by atoms with E-state index in [-0.39, 0.29) is 41.5 Å². The maximum absolute atomic E-state index is 14.1. The lowest BCUT2D eigenvalue weighted by Crippen LogP contribution is -2.26. The van der Waals surface area contributed by atoms with E-state index in [2.05, 4.69) is 9.97 Å². The zero-order valence-electron chi connectivity index (χ0n) is 22.7. The minimum Gasteiger partial charge on any atom is -0.484 e. The minimum absolute atomic E-state index is 0. The molecular weight excluding hydrogens is 604 g/mol. The highest BCUT2D eigenvalue weighted by Crippen LogP contribution is 2.39. The minimum atomic E-state index is -4.84. The SMILES string of the molecule is CC(C(=O)O)C1CC=C(c2cc(O[C@H](c3ccc(-c4cccc(OCC(F)(F)F)c4)cc3)C(F)(F)F)nc(N)n2)CC1.Cl. The van der Waals surface area contributed by atoms with Gasteiger partial charge in [-0.2, -0.15) is 31.3 Å². The standard InChI is InChI=1S/C29H27F6N3O4.ClH/c1-16(26(39)40)17-5-9-19(10-6-17)23-14-24(38-27(36)37-23)42-25(29(33,34)35)20-11-7-18(8-12-20)21-3-2-4-22(13-21)41-15-28(30,31)32;/h2-4,7-9,11-14,16-17,25H,5-6,10,15H2,1H3,(H,39,40)(H2,36,37,38);1H/t16?,17?,25-;/m1./s1. The van der Waals surface area contributed by atoms with E-state index in [0.717, 1.165) is 0 Å². The van der Waals surface area contributed by atoms with Crippen molar-refractivity contribution in [1.29, 1.82) is 0 Å². The number of benzene rings is 2. The number of nitrogen functional groups attached to an aromatic ring is 1.